The molecular weight excluding hydrogens is 324 g/mol. The number of hydrogen-bond acceptors (Lipinski definition) is 3. The summed E-state index contributed by atoms with van der Waals surface area (Å²) in [4.78, 5) is 14.3. The maximum absolute atomic E-state index is 12.5. The first kappa shape index (κ1) is 19.2. The van der Waals surface area contributed by atoms with E-state index in [0.717, 1.165) is 6.42 Å². The van der Waals surface area contributed by atoms with Crippen molar-refractivity contribution >= 4 is 18.3 Å². The lowest BCUT2D eigenvalue weighted by atomic mass is 9.88. The van der Waals surface area contributed by atoms with Crippen molar-refractivity contribution in [3.63, 3.8) is 0 Å². The van der Waals surface area contributed by atoms with E-state index < -0.39 is 0 Å². The predicted octanol–water partition coefficient (Wildman–Crippen LogP) is 2.96. The van der Waals surface area contributed by atoms with E-state index in [-0.39, 0.29) is 43.0 Å². The largest absolute Gasteiger partial charge is 0.368 e. The van der Waals surface area contributed by atoms with Crippen molar-refractivity contribution in [3.8, 4) is 0 Å². The van der Waals surface area contributed by atoms with Crippen LogP contribution in [0.2, 0.25) is 0 Å². The Morgan fingerprint density at radius 3 is 2.62 bits per heavy atom. The zero-order valence-electron chi connectivity index (χ0n) is 14.4. The minimum absolute atomic E-state index is 0. The second kappa shape index (κ2) is 8.84. The Hall–Kier alpha value is -1.10. The molecule has 1 aromatic rings. The third kappa shape index (κ3) is 4.50. The topological polar surface area (TPSA) is 55.6 Å². The van der Waals surface area contributed by atoms with Crippen molar-refractivity contribution in [3.05, 3.63) is 35.9 Å². The van der Waals surface area contributed by atoms with Crippen LogP contribution in [-0.4, -0.2) is 42.6 Å². The van der Waals surface area contributed by atoms with E-state index in [1.165, 1.54) is 24.8 Å². The second-order valence-corrected chi connectivity index (χ2v) is 7.09. The van der Waals surface area contributed by atoms with Crippen molar-refractivity contribution in [2.45, 2.75) is 50.7 Å². The zero-order chi connectivity index (χ0) is 16.2. The Morgan fingerprint density at radius 1 is 1.21 bits per heavy atom. The van der Waals surface area contributed by atoms with E-state index >= 15 is 0 Å². The van der Waals surface area contributed by atoms with Gasteiger partial charge in [0.1, 0.15) is 6.61 Å². The average Bonchev–Trinajstić information content (AvgIpc) is 2.96. The first-order valence-electron chi connectivity index (χ1n) is 8.85. The van der Waals surface area contributed by atoms with E-state index in [4.69, 9.17) is 10.5 Å². The maximum Gasteiger partial charge on any atom is 0.248 e. The molecule has 1 saturated heterocycles. The number of carbonyl (C=O) groups is 1. The lowest BCUT2D eigenvalue weighted by molar-refractivity contribution is -0.139. The lowest BCUT2D eigenvalue weighted by Crippen LogP contribution is -2.36. The Labute approximate surface area is 151 Å². The van der Waals surface area contributed by atoms with Gasteiger partial charge in [-0.1, -0.05) is 50.1 Å². The van der Waals surface area contributed by atoms with E-state index in [2.05, 4.69) is 19.1 Å². The molecule has 2 unspecified atom stereocenters. The number of benzene rings is 1. The van der Waals surface area contributed by atoms with Crippen molar-refractivity contribution in [2.24, 2.45) is 11.7 Å². The summed E-state index contributed by atoms with van der Waals surface area (Å²) in [7, 11) is 0. The van der Waals surface area contributed by atoms with Gasteiger partial charge in [-0.25, -0.2) is 0 Å². The van der Waals surface area contributed by atoms with Crippen LogP contribution in [0.25, 0.3) is 0 Å². The number of nitrogens with zero attached hydrogens (tertiary/aromatic N) is 1. The summed E-state index contributed by atoms with van der Waals surface area (Å²) < 4.78 is 5.91. The van der Waals surface area contributed by atoms with Crippen LogP contribution >= 0.6 is 12.4 Å². The summed E-state index contributed by atoms with van der Waals surface area (Å²) in [6.45, 7) is 3.75. The van der Waals surface area contributed by atoms with Gasteiger partial charge in [0.2, 0.25) is 5.91 Å². The molecule has 2 aliphatic rings. The number of nitrogens with two attached hydrogens (primary N) is 1. The molecule has 1 amide bonds. The number of likely N-dealkylation sites (tertiary alicyclic amines) is 1. The van der Waals surface area contributed by atoms with E-state index in [0.29, 0.717) is 19.0 Å². The van der Waals surface area contributed by atoms with Crippen LogP contribution in [-0.2, 0) is 9.53 Å². The maximum atomic E-state index is 12.5. The molecule has 4 atom stereocenters. The fourth-order valence-corrected chi connectivity index (χ4v) is 3.89. The average molecular weight is 353 g/mol. The SMILES string of the molecule is CC1CCCCC1OCC(=O)N1C[C@@H](N)[C@H](c2ccccc2)C1.Cl. The number of rotatable bonds is 4. The van der Waals surface area contributed by atoms with Crippen molar-refractivity contribution in [2.75, 3.05) is 19.7 Å². The first-order valence-corrected chi connectivity index (χ1v) is 8.85. The third-order valence-corrected chi connectivity index (χ3v) is 5.40. The molecule has 4 nitrogen and oxygen atoms in total. The van der Waals surface area contributed by atoms with E-state index in [1.54, 1.807) is 0 Å². The normalized spacial score (nSPS) is 30.0. The summed E-state index contributed by atoms with van der Waals surface area (Å²) in [5, 5.41) is 0. The van der Waals surface area contributed by atoms with Gasteiger partial charge in [-0.3, -0.25) is 4.79 Å². The van der Waals surface area contributed by atoms with Crippen LogP contribution in [0, 0.1) is 5.92 Å². The molecule has 0 spiro atoms. The summed E-state index contributed by atoms with van der Waals surface area (Å²) in [5.41, 5.74) is 7.49. The van der Waals surface area contributed by atoms with Crippen LogP contribution in [0.15, 0.2) is 30.3 Å². The van der Waals surface area contributed by atoms with Gasteiger partial charge in [0.05, 0.1) is 6.10 Å². The summed E-state index contributed by atoms with van der Waals surface area (Å²) in [6, 6.07) is 10.3. The first-order chi connectivity index (χ1) is 11.1. The lowest BCUT2D eigenvalue weighted by Gasteiger charge is -2.29. The smallest absolute Gasteiger partial charge is 0.248 e. The van der Waals surface area contributed by atoms with Crippen LogP contribution in [0.3, 0.4) is 0 Å². The molecule has 134 valence electrons. The molecule has 0 aromatic heterocycles. The highest BCUT2D eigenvalue weighted by atomic mass is 35.5. The number of halogens is 1. The standard InChI is InChI=1S/C19H28N2O2.ClH/c1-14-7-5-6-10-18(14)23-13-19(22)21-11-16(17(20)12-21)15-8-3-2-4-9-15;/h2-4,8-9,14,16-18H,5-7,10-13,20H2,1H3;1H/t14?,16-,17+,18?;/m0./s1. The highest BCUT2D eigenvalue weighted by molar-refractivity contribution is 5.85. The van der Waals surface area contributed by atoms with Gasteiger partial charge < -0.3 is 15.4 Å². The molecule has 5 heteroatoms. The Morgan fingerprint density at radius 2 is 1.92 bits per heavy atom. The van der Waals surface area contributed by atoms with Gasteiger partial charge >= 0.3 is 0 Å². The molecule has 1 aromatic carbocycles. The molecule has 2 N–H and O–H groups in total. The van der Waals surface area contributed by atoms with Gasteiger partial charge in [-0.2, -0.15) is 0 Å². The Bertz CT molecular complexity index is 525. The van der Waals surface area contributed by atoms with Crippen molar-refractivity contribution < 1.29 is 9.53 Å². The molecule has 1 saturated carbocycles. The Balaban J connectivity index is 0.00000208. The van der Waals surface area contributed by atoms with Crippen LogP contribution in [0.4, 0.5) is 0 Å². The van der Waals surface area contributed by atoms with Crippen LogP contribution in [0.5, 0.6) is 0 Å². The zero-order valence-corrected chi connectivity index (χ0v) is 15.2. The molecule has 3 rings (SSSR count). The fourth-order valence-electron chi connectivity index (χ4n) is 3.89. The molecule has 24 heavy (non-hydrogen) atoms. The number of carbonyl (C=O) groups excluding carboxylic acids is 1. The minimum atomic E-state index is 0. The van der Waals surface area contributed by atoms with Crippen molar-refractivity contribution in [1.82, 2.24) is 4.90 Å². The van der Waals surface area contributed by atoms with Crippen LogP contribution < -0.4 is 5.73 Å². The molecular formula is C19H29ClN2O2. The second-order valence-electron chi connectivity index (χ2n) is 7.09. The van der Waals surface area contributed by atoms with E-state index in [1.807, 2.05) is 23.1 Å². The molecule has 1 heterocycles. The molecule has 0 radical (unpaired) electrons. The van der Waals surface area contributed by atoms with Gasteiger partial charge in [0.15, 0.2) is 0 Å². The van der Waals surface area contributed by atoms with Gasteiger partial charge in [-0.15, -0.1) is 12.4 Å². The number of ether oxygens (including phenoxy) is 1. The number of hydrogen-bond donors (Lipinski definition) is 1. The van der Waals surface area contributed by atoms with E-state index in [9.17, 15) is 4.79 Å². The van der Waals surface area contributed by atoms with Crippen molar-refractivity contribution in [1.29, 1.82) is 0 Å². The van der Waals surface area contributed by atoms with Gasteiger partial charge in [0, 0.05) is 25.0 Å². The fraction of sp³-hybridized carbons (Fsp3) is 0.632. The molecule has 1 aliphatic carbocycles. The van der Waals surface area contributed by atoms with Crippen LogP contribution in [0.1, 0.15) is 44.1 Å². The molecule has 1 aliphatic heterocycles. The third-order valence-electron chi connectivity index (χ3n) is 5.40. The highest BCUT2D eigenvalue weighted by Crippen LogP contribution is 2.28. The summed E-state index contributed by atoms with van der Waals surface area (Å²) in [5.74, 6) is 0.875. The van der Waals surface area contributed by atoms with Gasteiger partial charge in [-0.05, 0) is 24.3 Å². The molecule has 2 fully saturated rings. The molecule has 0 bridgehead atoms. The van der Waals surface area contributed by atoms with Gasteiger partial charge in [0.25, 0.3) is 0 Å². The minimum Gasteiger partial charge on any atom is -0.368 e. The number of amides is 1. The summed E-state index contributed by atoms with van der Waals surface area (Å²) in [6.07, 6.45) is 5.04. The quantitative estimate of drug-likeness (QED) is 0.906. The predicted molar refractivity (Wildman–Crippen MR) is 98.4 cm³/mol. The monoisotopic (exact) mass is 352 g/mol. The Kier molecular flexibility index (Phi) is 7.08. The summed E-state index contributed by atoms with van der Waals surface area (Å²) >= 11 is 0. The highest BCUT2D eigenvalue weighted by Gasteiger charge is 2.34.